The molecule has 0 atom stereocenters. The van der Waals surface area contributed by atoms with Gasteiger partial charge in [0, 0.05) is 4.47 Å². The fraction of sp³-hybridized carbons (Fsp3) is 0. The third-order valence-corrected chi connectivity index (χ3v) is 2.33. The molecule has 0 saturated heterocycles. The minimum absolute atomic E-state index is 0.0571. The Morgan fingerprint density at radius 2 is 2.18 bits per heavy atom. The Balaban J connectivity index is 2.14. The van der Waals surface area contributed by atoms with Crippen molar-refractivity contribution in [2.45, 2.75) is 0 Å². The number of aromatic amines is 1. The van der Waals surface area contributed by atoms with Gasteiger partial charge in [-0.3, -0.25) is 5.43 Å². The molecule has 0 spiro atoms. The average Bonchev–Trinajstić information content (AvgIpc) is 2.86. The number of halogens is 1. The third-order valence-electron chi connectivity index (χ3n) is 1.80. The van der Waals surface area contributed by atoms with Crippen LogP contribution in [0.25, 0.3) is 0 Å². The number of tetrazole rings is 1. The number of H-pyrrole nitrogens is 1. The van der Waals surface area contributed by atoms with Gasteiger partial charge in [0.15, 0.2) is 0 Å². The van der Waals surface area contributed by atoms with Crippen molar-refractivity contribution in [1.29, 1.82) is 5.26 Å². The first-order valence-electron chi connectivity index (χ1n) is 4.53. The van der Waals surface area contributed by atoms with Gasteiger partial charge in [-0.05, 0) is 29.5 Å². The average molecular weight is 292 g/mol. The Labute approximate surface area is 105 Å². The Bertz CT molecular complexity index is 552. The largest absolute Gasteiger partial charge is 0.277 e. The summed E-state index contributed by atoms with van der Waals surface area (Å²) in [4.78, 5) is 0. The van der Waals surface area contributed by atoms with Crippen LogP contribution in [0.1, 0.15) is 5.82 Å². The maximum Gasteiger partial charge on any atom is 0.235 e. The van der Waals surface area contributed by atoms with Crippen molar-refractivity contribution in [2.24, 2.45) is 5.10 Å². The molecule has 0 fully saturated rings. The first kappa shape index (κ1) is 11.2. The van der Waals surface area contributed by atoms with E-state index < -0.39 is 0 Å². The van der Waals surface area contributed by atoms with Gasteiger partial charge in [0.1, 0.15) is 6.07 Å². The second kappa shape index (κ2) is 5.18. The van der Waals surface area contributed by atoms with E-state index in [-0.39, 0.29) is 11.5 Å². The molecular formula is C9H6BrN7. The number of benzene rings is 1. The van der Waals surface area contributed by atoms with Crippen LogP contribution >= 0.6 is 15.9 Å². The van der Waals surface area contributed by atoms with E-state index in [4.69, 9.17) is 5.26 Å². The molecular weight excluding hydrogens is 286 g/mol. The van der Waals surface area contributed by atoms with Crippen LogP contribution in [-0.2, 0) is 0 Å². The van der Waals surface area contributed by atoms with Crippen molar-refractivity contribution in [1.82, 2.24) is 20.6 Å². The van der Waals surface area contributed by atoms with Crippen molar-refractivity contribution in [3.8, 4) is 6.07 Å². The highest BCUT2D eigenvalue weighted by atomic mass is 79.9. The second-order valence-electron chi connectivity index (χ2n) is 2.93. The summed E-state index contributed by atoms with van der Waals surface area (Å²) >= 11 is 3.32. The van der Waals surface area contributed by atoms with E-state index in [0.717, 1.165) is 10.2 Å². The fourth-order valence-electron chi connectivity index (χ4n) is 1.03. The molecule has 0 saturated carbocycles. The quantitative estimate of drug-likeness (QED) is 0.655. The minimum atomic E-state index is 0.0571. The molecule has 8 heteroatoms. The van der Waals surface area contributed by atoms with Crippen LogP contribution in [0.2, 0.25) is 0 Å². The van der Waals surface area contributed by atoms with Gasteiger partial charge in [-0.1, -0.05) is 15.9 Å². The molecule has 1 aromatic carbocycles. The highest BCUT2D eigenvalue weighted by Gasteiger charge is 2.07. The number of anilines is 1. The number of hydrogen-bond acceptors (Lipinski definition) is 6. The van der Waals surface area contributed by atoms with Crippen LogP contribution in [-0.4, -0.2) is 26.3 Å². The molecule has 0 bridgehead atoms. The Morgan fingerprint density at radius 3 is 2.76 bits per heavy atom. The first-order chi connectivity index (χ1) is 8.29. The highest BCUT2D eigenvalue weighted by molar-refractivity contribution is 9.10. The summed E-state index contributed by atoms with van der Waals surface area (Å²) in [5, 5.41) is 25.7. The summed E-state index contributed by atoms with van der Waals surface area (Å²) in [5.41, 5.74) is 3.55. The molecule has 2 rings (SSSR count). The molecule has 0 radical (unpaired) electrons. The maximum atomic E-state index is 8.87. The lowest BCUT2D eigenvalue weighted by Gasteiger charge is -1.99. The lowest BCUT2D eigenvalue weighted by Crippen LogP contribution is -2.04. The summed E-state index contributed by atoms with van der Waals surface area (Å²) in [6.45, 7) is 0. The molecule has 2 N–H and O–H groups in total. The normalized spacial score (nSPS) is 10.9. The Morgan fingerprint density at radius 1 is 1.41 bits per heavy atom. The molecule has 0 aliphatic rings. The minimum Gasteiger partial charge on any atom is -0.277 e. The van der Waals surface area contributed by atoms with Gasteiger partial charge in [-0.2, -0.15) is 15.6 Å². The number of aromatic nitrogens is 4. The van der Waals surface area contributed by atoms with E-state index in [1.807, 2.05) is 30.3 Å². The van der Waals surface area contributed by atoms with Gasteiger partial charge in [-0.15, -0.1) is 10.2 Å². The molecule has 1 heterocycles. The van der Waals surface area contributed by atoms with Gasteiger partial charge in [0.05, 0.1) is 5.69 Å². The fourth-order valence-corrected chi connectivity index (χ4v) is 1.30. The van der Waals surface area contributed by atoms with E-state index in [1.54, 1.807) is 0 Å². The summed E-state index contributed by atoms with van der Waals surface area (Å²) in [7, 11) is 0. The zero-order valence-corrected chi connectivity index (χ0v) is 10.0. The van der Waals surface area contributed by atoms with Gasteiger partial charge < -0.3 is 0 Å². The standard InChI is InChI=1S/C9H6BrN7/c10-6-1-3-7(4-2-6)12-13-8(5-11)9-14-16-17-15-9/h1-4,12H,(H,14,15,16,17)/b13-8+. The van der Waals surface area contributed by atoms with Gasteiger partial charge in [0.25, 0.3) is 0 Å². The number of nitrogens with zero attached hydrogens (tertiary/aromatic N) is 5. The maximum absolute atomic E-state index is 8.87. The smallest absolute Gasteiger partial charge is 0.235 e. The van der Waals surface area contributed by atoms with Crippen LogP contribution < -0.4 is 5.43 Å². The van der Waals surface area contributed by atoms with Gasteiger partial charge >= 0.3 is 0 Å². The molecule has 2 aromatic rings. The van der Waals surface area contributed by atoms with Crippen LogP contribution in [0.15, 0.2) is 33.8 Å². The summed E-state index contributed by atoms with van der Waals surface area (Å²) < 4.78 is 0.964. The third kappa shape index (κ3) is 2.85. The topological polar surface area (TPSA) is 103 Å². The number of nitrogens with one attached hydrogen (secondary N) is 2. The number of hydrazone groups is 1. The second-order valence-corrected chi connectivity index (χ2v) is 3.84. The zero-order valence-electron chi connectivity index (χ0n) is 8.42. The first-order valence-corrected chi connectivity index (χ1v) is 5.32. The van der Waals surface area contributed by atoms with Crippen molar-refractivity contribution >= 4 is 27.3 Å². The summed E-state index contributed by atoms with van der Waals surface area (Å²) in [6, 6.07) is 9.23. The lowest BCUT2D eigenvalue weighted by atomic mass is 10.3. The van der Waals surface area contributed by atoms with E-state index in [9.17, 15) is 0 Å². The molecule has 0 amide bonds. The monoisotopic (exact) mass is 291 g/mol. The summed E-state index contributed by atoms with van der Waals surface area (Å²) in [6.07, 6.45) is 0. The zero-order chi connectivity index (χ0) is 12.1. The van der Waals surface area contributed by atoms with Gasteiger partial charge in [0.2, 0.25) is 11.5 Å². The number of rotatable bonds is 3. The van der Waals surface area contributed by atoms with E-state index in [0.29, 0.717) is 0 Å². The molecule has 84 valence electrons. The Hall–Kier alpha value is -2.27. The molecule has 7 nitrogen and oxygen atoms in total. The van der Waals surface area contributed by atoms with Crippen LogP contribution in [0.4, 0.5) is 5.69 Å². The lowest BCUT2D eigenvalue weighted by molar-refractivity contribution is 0.881. The van der Waals surface area contributed by atoms with Crippen LogP contribution in [0.5, 0.6) is 0 Å². The van der Waals surface area contributed by atoms with Crippen LogP contribution in [0, 0.1) is 11.3 Å². The number of nitriles is 1. The SMILES string of the molecule is N#C/C(=N\Nc1ccc(Br)cc1)c1nn[nH]n1. The van der Waals surface area contributed by atoms with E-state index in [1.165, 1.54) is 0 Å². The molecule has 0 aliphatic heterocycles. The van der Waals surface area contributed by atoms with E-state index >= 15 is 0 Å². The van der Waals surface area contributed by atoms with Crippen molar-refractivity contribution < 1.29 is 0 Å². The van der Waals surface area contributed by atoms with Crippen LogP contribution in [0.3, 0.4) is 0 Å². The van der Waals surface area contributed by atoms with Crippen molar-refractivity contribution in [3.63, 3.8) is 0 Å². The molecule has 17 heavy (non-hydrogen) atoms. The predicted molar refractivity (Wildman–Crippen MR) is 64.1 cm³/mol. The highest BCUT2D eigenvalue weighted by Crippen LogP contribution is 2.13. The Kier molecular flexibility index (Phi) is 3.42. The van der Waals surface area contributed by atoms with Crippen molar-refractivity contribution in [3.05, 3.63) is 34.6 Å². The van der Waals surface area contributed by atoms with E-state index in [2.05, 4.69) is 47.1 Å². The van der Waals surface area contributed by atoms with Gasteiger partial charge in [-0.25, -0.2) is 0 Å². The predicted octanol–water partition coefficient (Wildman–Crippen LogP) is 1.30. The summed E-state index contributed by atoms with van der Waals surface area (Å²) in [5.74, 6) is 0.150. The number of hydrogen-bond donors (Lipinski definition) is 2. The van der Waals surface area contributed by atoms with Crippen molar-refractivity contribution in [2.75, 3.05) is 5.43 Å². The molecule has 1 aromatic heterocycles. The molecule has 0 aliphatic carbocycles. The molecule has 0 unspecified atom stereocenters.